The quantitative estimate of drug-likeness (QED) is 0.685. The molecular formula is C19H21N5O. The maximum atomic E-state index is 12.1. The largest absolute Gasteiger partial charge is 0.349 e. The van der Waals surface area contributed by atoms with Gasteiger partial charge in [-0.1, -0.05) is 65.9 Å². The van der Waals surface area contributed by atoms with Crippen LogP contribution in [0, 0.1) is 0 Å². The number of aromatic nitrogens is 3. The number of hydrogen-bond acceptors (Lipinski definition) is 4. The third-order valence-electron chi connectivity index (χ3n) is 3.85. The number of nitrogens with one attached hydrogen (secondary N) is 1. The van der Waals surface area contributed by atoms with Crippen molar-refractivity contribution in [2.24, 2.45) is 5.73 Å². The highest BCUT2D eigenvalue weighted by Crippen LogP contribution is 2.04. The monoisotopic (exact) mass is 335 g/mol. The normalized spacial score (nSPS) is 11.9. The van der Waals surface area contributed by atoms with E-state index in [1.54, 1.807) is 4.68 Å². The van der Waals surface area contributed by atoms with Gasteiger partial charge in [0.2, 0.25) is 5.91 Å². The first kappa shape index (κ1) is 16.9. The Labute approximate surface area is 146 Å². The lowest BCUT2D eigenvalue weighted by Crippen LogP contribution is -2.41. The fourth-order valence-corrected chi connectivity index (χ4v) is 2.54. The number of carbonyl (C=O) groups is 1. The van der Waals surface area contributed by atoms with Gasteiger partial charge in [0.05, 0.1) is 25.3 Å². The van der Waals surface area contributed by atoms with E-state index in [9.17, 15) is 4.79 Å². The third kappa shape index (κ3) is 4.99. The molecule has 0 aliphatic carbocycles. The molecule has 2 aromatic carbocycles. The standard InChI is InChI=1S/C19H21N5O/c20-18(11-15-7-3-1-4-8-15)19(25)21-12-17-14-24(23-22-17)13-16-9-5-2-6-10-16/h1-10,14,18H,11-13,20H2,(H,21,25)/t18-/m0/s1. The van der Waals surface area contributed by atoms with Crippen molar-refractivity contribution in [2.45, 2.75) is 25.6 Å². The van der Waals surface area contributed by atoms with E-state index in [-0.39, 0.29) is 5.91 Å². The van der Waals surface area contributed by atoms with Crippen LogP contribution in [0.2, 0.25) is 0 Å². The molecule has 0 aliphatic rings. The minimum Gasteiger partial charge on any atom is -0.349 e. The van der Waals surface area contributed by atoms with E-state index in [2.05, 4.69) is 15.6 Å². The molecule has 6 nitrogen and oxygen atoms in total. The predicted octanol–water partition coefficient (Wildman–Crippen LogP) is 1.51. The summed E-state index contributed by atoms with van der Waals surface area (Å²) in [7, 11) is 0. The number of amides is 1. The van der Waals surface area contributed by atoms with Gasteiger partial charge in [-0.15, -0.1) is 5.10 Å². The van der Waals surface area contributed by atoms with Gasteiger partial charge in [0.1, 0.15) is 5.69 Å². The van der Waals surface area contributed by atoms with Gasteiger partial charge in [-0.25, -0.2) is 4.68 Å². The number of hydrogen-bond donors (Lipinski definition) is 2. The average molecular weight is 335 g/mol. The summed E-state index contributed by atoms with van der Waals surface area (Å²) in [5, 5.41) is 11.0. The van der Waals surface area contributed by atoms with Gasteiger partial charge in [-0.3, -0.25) is 4.79 Å². The summed E-state index contributed by atoms with van der Waals surface area (Å²) >= 11 is 0. The Morgan fingerprint density at radius 1 is 1.04 bits per heavy atom. The van der Waals surface area contributed by atoms with Crippen LogP contribution in [0.1, 0.15) is 16.8 Å². The Hall–Kier alpha value is -2.99. The van der Waals surface area contributed by atoms with Crippen LogP contribution in [0.25, 0.3) is 0 Å². The van der Waals surface area contributed by atoms with Crippen molar-refractivity contribution in [1.82, 2.24) is 20.3 Å². The molecule has 0 saturated heterocycles. The van der Waals surface area contributed by atoms with Gasteiger partial charge < -0.3 is 11.1 Å². The Morgan fingerprint density at radius 2 is 1.68 bits per heavy atom. The summed E-state index contributed by atoms with van der Waals surface area (Å²) in [4.78, 5) is 12.1. The van der Waals surface area contributed by atoms with Crippen LogP contribution in [0.5, 0.6) is 0 Å². The summed E-state index contributed by atoms with van der Waals surface area (Å²) in [6.45, 7) is 0.964. The van der Waals surface area contributed by atoms with E-state index in [4.69, 9.17) is 5.73 Å². The van der Waals surface area contributed by atoms with Gasteiger partial charge in [-0.2, -0.15) is 0 Å². The predicted molar refractivity (Wildman–Crippen MR) is 95.5 cm³/mol. The molecule has 0 aliphatic heterocycles. The van der Waals surface area contributed by atoms with Crippen molar-refractivity contribution in [1.29, 1.82) is 0 Å². The molecule has 3 rings (SSSR count). The van der Waals surface area contributed by atoms with Gasteiger partial charge in [0, 0.05) is 0 Å². The molecule has 1 aromatic heterocycles. The number of carbonyl (C=O) groups excluding carboxylic acids is 1. The molecule has 1 atom stereocenters. The van der Waals surface area contributed by atoms with Gasteiger partial charge in [0.25, 0.3) is 0 Å². The van der Waals surface area contributed by atoms with Crippen molar-refractivity contribution >= 4 is 5.91 Å². The summed E-state index contributed by atoms with van der Waals surface area (Å²) in [6.07, 6.45) is 2.34. The summed E-state index contributed by atoms with van der Waals surface area (Å²) in [5.74, 6) is -0.193. The first-order valence-corrected chi connectivity index (χ1v) is 8.21. The van der Waals surface area contributed by atoms with Crippen LogP contribution in [0.4, 0.5) is 0 Å². The van der Waals surface area contributed by atoms with E-state index in [1.807, 2.05) is 66.9 Å². The van der Waals surface area contributed by atoms with Crippen LogP contribution < -0.4 is 11.1 Å². The molecule has 3 aromatic rings. The van der Waals surface area contributed by atoms with Crippen LogP contribution in [0.3, 0.4) is 0 Å². The van der Waals surface area contributed by atoms with Crippen molar-refractivity contribution < 1.29 is 4.79 Å². The zero-order chi connectivity index (χ0) is 17.5. The lowest BCUT2D eigenvalue weighted by atomic mass is 10.1. The smallest absolute Gasteiger partial charge is 0.237 e. The van der Waals surface area contributed by atoms with Crippen LogP contribution in [0.15, 0.2) is 66.9 Å². The van der Waals surface area contributed by atoms with E-state index in [0.717, 1.165) is 11.1 Å². The lowest BCUT2D eigenvalue weighted by molar-refractivity contribution is -0.122. The zero-order valence-corrected chi connectivity index (χ0v) is 13.9. The van der Waals surface area contributed by atoms with E-state index < -0.39 is 6.04 Å². The number of nitrogens with zero attached hydrogens (tertiary/aromatic N) is 3. The number of benzene rings is 2. The average Bonchev–Trinajstić information content (AvgIpc) is 3.08. The summed E-state index contributed by atoms with van der Waals surface area (Å²) in [6, 6.07) is 19.2. The van der Waals surface area contributed by atoms with E-state index >= 15 is 0 Å². The molecule has 0 fully saturated rings. The highest BCUT2D eigenvalue weighted by atomic mass is 16.2. The summed E-state index contributed by atoms with van der Waals surface area (Å²) < 4.78 is 1.75. The van der Waals surface area contributed by atoms with E-state index in [1.165, 1.54) is 0 Å². The Kier molecular flexibility index (Phi) is 5.53. The second kappa shape index (κ2) is 8.21. The van der Waals surface area contributed by atoms with E-state index in [0.29, 0.717) is 25.2 Å². The van der Waals surface area contributed by atoms with Gasteiger partial charge >= 0.3 is 0 Å². The fourth-order valence-electron chi connectivity index (χ4n) is 2.54. The molecule has 0 unspecified atom stereocenters. The molecular weight excluding hydrogens is 314 g/mol. The lowest BCUT2D eigenvalue weighted by Gasteiger charge is -2.11. The molecule has 0 radical (unpaired) electrons. The van der Waals surface area contributed by atoms with Crippen LogP contribution >= 0.6 is 0 Å². The fraction of sp³-hybridized carbons (Fsp3) is 0.211. The summed E-state index contributed by atoms with van der Waals surface area (Å²) in [5.41, 5.74) is 8.86. The second-order valence-corrected chi connectivity index (χ2v) is 5.91. The van der Waals surface area contributed by atoms with Crippen molar-refractivity contribution in [3.8, 4) is 0 Å². The van der Waals surface area contributed by atoms with Gasteiger partial charge in [-0.05, 0) is 17.5 Å². The van der Waals surface area contributed by atoms with Crippen LogP contribution in [-0.2, 0) is 24.3 Å². The molecule has 0 spiro atoms. The molecule has 6 heteroatoms. The SMILES string of the molecule is N[C@@H](Cc1ccccc1)C(=O)NCc1cn(Cc2ccccc2)nn1. The Balaban J connectivity index is 1.49. The van der Waals surface area contributed by atoms with Crippen molar-refractivity contribution in [3.05, 3.63) is 83.7 Å². The molecule has 0 bridgehead atoms. The molecule has 1 amide bonds. The first-order chi connectivity index (χ1) is 12.2. The van der Waals surface area contributed by atoms with Crippen molar-refractivity contribution in [2.75, 3.05) is 0 Å². The number of nitrogens with two attached hydrogens (primary N) is 1. The minimum absolute atomic E-state index is 0.193. The maximum Gasteiger partial charge on any atom is 0.237 e. The highest BCUT2D eigenvalue weighted by molar-refractivity contribution is 5.81. The molecule has 0 saturated carbocycles. The number of rotatable bonds is 7. The topological polar surface area (TPSA) is 85.8 Å². The minimum atomic E-state index is -0.582. The zero-order valence-electron chi connectivity index (χ0n) is 13.9. The Bertz CT molecular complexity index is 801. The highest BCUT2D eigenvalue weighted by Gasteiger charge is 2.14. The third-order valence-corrected chi connectivity index (χ3v) is 3.85. The molecule has 3 N–H and O–H groups in total. The first-order valence-electron chi connectivity index (χ1n) is 8.21. The maximum absolute atomic E-state index is 12.1. The Morgan fingerprint density at radius 3 is 2.36 bits per heavy atom. The molecule has 1 heterocycles. The van der Waals surface area contributed by atoms with Crippen molar-refractivity contribution in [3.63, 3.8) is 0 Å². The second-order valence-electron chi connectivity index (χ2n) is 5.91. The van der Waals surface area contributed by atoms with Crippen LogP contribution in [-0.4, -0.2) is 26.9 Å². The molecule has 25 heavy (non-hydrogen) atoms. The van der Waals surface area contributed by atoms with Gasteiger partial charge in [0.15, 0.2) is 0 Å². The molecule has 128 valence electrons.